The van der Waals surface area contributed by atoms with Gasteiger partial charge in [-0.3, -0.25) is 0 Å². The second kappa shape index (κ2) is 7.65. The molecule has 0 spiro atoms. The van der Waals surface area contributed by atoms with Crippen LogP contribution in [0.3, 0.4) is 0 Å². The lowest BCUT2D eigenvalue weighted by Gasteiger charge is -2.03. The van der Waals surface area contributed by atoms with Gasteiger partial charge in [0.05, 0.1) is 12.4 Å². The Kier molecular flexibility index (Phi) is 5.32. The third-order valence-electron chi connectivity index (χ3n) is 3.57. The minimum absolute atomic E-state index is 0.0368. The molecule has 0 bridgehead atoms. The van der Waals surface area contributed by atoms with Crippen LogP contribution in [-0.2, 0) is 21.3 Å². The van der Waals surface area contributed by atoms with Crippen molar-refractivity contribution in [1.29, 1.82) is 0 Å². The zero-order chi connectivity index (χ0) is 18.6. The van der Waals surface area contributed by atoms with E-state index < -0.39 is 27.2 Å². The van der Waals surface area contributed by atoms with Gasteiger partial charge in [0.25, 0.3) is 0 Å². The normalized spacial score (nSPS) is 11.5. The van der Waals surface area contributed by atoms with Gasteiger partial charge in [-0.1, -0.05) is 23.4 Å². The monoisotopic (exact) mass is 376 g/mol. The summed E-state index contributed by atoms with van der Waals surface area (Å²) in [4.78, 5) is 4.11. The molecule has 8 heteroatoms. The average Bonchev–Trinajstić information content (AvgIpc) is 3.05. The molecule has 0 N–H and O–H groups in total. The fourth-order valence-corrected chi connectivity index (χ4v) is 3.69. The highest BCUT2D eigenvalue weighted by Crippen LogP contribution is 2.21. The van der Waals surface area contributed by atoms with Gasteiger partial charge in [0.15, 0.2) is 9.84 Å². The van der Waals surface area contributed by atoms with Gasteiger partial charge in [-0.05, 0) is 37.3 Å². The topological polar surface area (TPSA) is 82.3 Å². The predicted molar refractivity (Wildman–Crippen MR) is 93.6 cm³/mol. The van der Waals surface area contributed by atoms with Crippen LogP contribution in [0.25, 0.3) is 11.4 Å². The molecule has 0 unspecified atom stereocenters. The van der Waals surface area contributed by atoms with Crippen molar-refractivity contribution in [3.05, 3.63) is 65.8 Å². The van der Waals surface area contributed by atoms with Crippen molar-refractivity contribution in [3.8, 4) is 17.1 Å². The summed E-state index contributed by atoms with van der Waals surface area (Å²) in [5, 5.41) is 3.81. The molecule has 0 atom stereocenters. The number of hydrogen-bond donors (Lipinski definition) is 0. The summed E-state index contributed by atoms with van der Waals surface area (Å²) in [6.07, 6.45) is 0. The highest BCUT2D eigenvalue weighted by atomic mass is 32.2. The van der Waals surface area contributed by atoms with E-state index in [1.54, 1.807) is 30.3 Å². The van der Waals surface area contributed by atoms with Crippen LogP contribution in [0.5, 0.6) is 5.75 Å². The van der Waals surface area contributed by atoms with Crippen LogP contribution < -0.4 is 4.74 Å². The van der Waals surface area contributed by atoms with E-state index in [2.05, 4.69) is 10.1 Å². The van der Waals surface area contributed by atoms with Crippen LogP contribution in [-0.4, -0.2) is 25.2 Å². The van der Waals surface area contributed by atoms with Crippen molar-refractivity contribution < 1.29 is 22.1 Å². The van der Waals surface area contributed by atoms with Crippen molar-refractivity contribution in [1.82, 2.24) is 10.1 Å². The second-order valence-corrected chi connectivity index (χ2v) is 7.66. The van der Waals surface area contributed by atoms with E-state index in [0.717, 1.165) is 0 Å². The van der Waals surface area contributed by atoms with E-state index >= 15 is 0 Å². The third-order valence-corrected chi connectivity index (χ3v) is 5.01. The van der Waals surface area contributed by atoms with Gasteiger partial charge < -0.3 is 9.26 Å². The van der Waals surface area contributed by atoms with Crippen molar-refractivity contribution in [2.75, 3.05) is 6.61 Å². The first-order chi connectivity index (χ1) is 12.5. The first kappa shape index (κ1) is 18.1. The number of rotatable bonds is 7. The summed E-state index contributed by atoms with van der Waals surface area (Å²) < 4.78 is 48.6. The van der Waals surface area contributed by atoms with Gasteiger partial charge in [0, 0.05) is 11.1 Å². The number of benzene rings is 2. The number of nitrogens with zero attached hydrogens (tertiary/aromatic N) is 2. The van der Waals surface area contributed by atoms with Gasteiger partial charge in [-0.15, -0.1) is 0 Å². The Morgan fingerprint density at radius 3 is 2.50 bits per heavy atom. The third kappa shape index (κ3) is 4.45. The number of aromatic nitrogens is 2. The Labute approximate surface area is 150 Å². The van der Waals surface area contributed by atoms with Crippen molar-refractivity contribution in [2.24, 2.45) is 0 Å². The largest absolute Gasteiger partial charge is 0.494 e. The van der Waals surface area contributed by atoms with E-state index in [-0.39, 0.29) is 17.3 Å². The van der Waals surface area contributed by atoms with E-state index in [9.17, 15) is 12.8 Å². The van der Waals surface area contributed by atoms with Crippen LogP contribution in [0, 0.1) is 5.82 Å². The maximum absolute atomic E-state index is 13.6. The molecular weight excluding hydrogens is 359 g/mol. The molecule has 0 amide bonds. The molecule has 6 nitrogen and oxygen atoms in total. The lowest BCUT2D eigenvalue weighted by atomic mass is 10.2. The molecule has 1 heterocycles. The Hall–Kier alpha value is -2.74. The average molecular weight is 376 g/mol. The summed E-state index contributed by atoms with van der Waals surface area (Å²) in [5.41, 5.74) is 0.786. The molecule has 136 valence electrons. The molecule has 0 fully saturated rings. The molecule has 0 saturated heterocycles. The van der Waals surface area contributed by atoms with Crippen LogP contribution >= 0.6 is 0 Å². The summed E-state index contributed by atoms with van der Waals surface area (Å²) in [5.74, 6) is -0.482. The van der Waals surface area contributed by atoms with Crippen LogP contribution in [0.4, 0.5) is 4.39 Å². The molecule has 0 aliphatic heterocycles. The van der Waals surface area contributed by atoms with Crippen molar-refractivity contribution in [2.45, 2.75) is 18.4 Å². The Morgan fingerprint density at radius 1 is 1.08 bits per heavy atom. The highest BCUT2D eigenvalue weighted by molar-refractivity contribution is 7.89. The minimum atomic E-state index is -3.65. The van der Waals surface area contributed by atoms with Crippen molar-refractivity contribution in [3.63, 3.8) is 0 Å². The number of ether oxygens (including phenoxy) is 1. The quantitative estimate of drug-likeness (QED) is 0.629. The zero-order valence-electron chi connectivity index (χ0n) is 14.1. The van der Waals surface area contributed by atoms with Gasteiger partial charge in [0.2, 0.25) is 11.7 Å². The Balaban J connectivity index is 1.72. The number of halogens is 1. The van der Waals surface area contributed by atoms with Gasteiger partial charge >= 0.3 is 0 Å². The molecule has 1 aromatic heterocycles. The first-order valence-corrected chi connectivity index (χ1v) is 9.78. The Bertz CT molecular complexity index is 984. The molecule has 0 saturated carbocycles. The minimum Gasteiger partial charge on any atom is -0.494 e. The van der Waals surface area contributed by atoms with Crippen LogP contribution in [0.15, 0.2) is 53.1 Å². The summed E-state index contributed by atoms with van der Waals surface area (Å²) in [6, 6.07) is 12.8. The fraction of sp³-hybridized carbons (Fsp3) is 0.222. The van der Waals surface area contributed by atoms with E-state index in [0.29, 0.717) is 17.9 Å². The van der Waals surface area contributed by atoms with Gasteiger partial charge in [-0.2, -0.15) is 4.98 Å². The maximum atomic E-state index is 13.6. The lowest BCUT2D eigenvalue weighted by Crippen LogP contribution is -2.09. The molecule has 3 aromatic rings. The smallest absolute Gasteiger partial charge is 0.242 e. The summed E-state index contributed by atoms with van der Waals surface area (Å²) >= 11 is 0. The van der Waals surface area contributed by atoms with E-state index in [4.69, 9.17) is 9.26 Å². The molecule has 0 aliphatic carbocycles. The standard InChI is InChI=1S/C18H17FN2O4S/c1-2-24-15-9-7-13(8-10-15)18-20-17(25-21-18)12-26(22,23)11-14-5-3-4-6-16(14)19/h3-10H,2,11-12H2,1H3. The van der Waals surface area contributed by atoms with Gasteiger partial charge in [0.1, 0.15) is 17.3 Å². The SMILES string of the molecule is CCOc1ccc(-c2noc(CS(=O)(=O)Cc3ccccc3F)n2)cc1. The lowest BCUT2D eigenvalue weighted by molar-refractivity contribution is 0.340. The molecular formula is C18H17FN2O4S. The number of hydrogen-bond acceptors (Lipinski definition) is 6. The number of sulfone groups is 1. The highest BCUT2D eigenvalue weighted by Gasteiger charge is 2.20. The first-order valence-electron chi connectivity index (χ1n) is 7.96. The van der Waals surface area contributed by atoms with E-state index in [1.165, 1.54) is 18.2 Å². The Morgan fingerprint density at radius 2 is 1.81 bits per heavy atom. The summed E-state index contributed by atoms with van der Waals surface area (Å²) in [6.45, 7) is 2.45. The van der Waals surface area contributed by atoms with Crippen LogP contribution in [0.2, 0.25) is 0 Å². The van der Waals surface area contributed by atoms with Crippen molar-refractivity contribution >= 4 is 9.84 Å². The second-order valence-electron chi connectivity index (χ2n) is 5.59. The van der Waals surface area contributed by atoms with Gasteiger partial charge in [-0.25, -0.2) is 12.8 Å². The van der Waals surface area contributed by atoms with E-state index in [1.807, 2.05) is 6.92 Å². The molecule has 2 aromatic carbocycles. The van der Waals surface area contributed by atoms with Crippen LogP contribution in [0.1, 0.15) is 18.4 Å². The molecule has 0 aliphatic rings. The molecule has 0 radical (unpaired) electrons. The molecule has 3 rings (SSSR count). The molecule has 26 heavy (non-hydrogen) atoms. The summed E-state index contributed by atoms with van der Waals surface area (Å²) in [7, 11) is -3.65. The predicted octanol–water partition coefficient (Wildman–Crippen LogP) is 3.39. The maximum Gasteiger partial charge on any atom is 0.242 e. The fourth-order valence-electron chi connectivity index (χ4n) is 2.39. The zero-order valence-corrected chi connectivity index (χ0v) is 14.9.